The van der Waals surface area contributed by atoms with Crippen LogP contribution in [-0.4, -0.2) is 17.4 Å². The van der Waals surface area contributed by atoms with E-state index in [1.54, 1.807) is 0 Å². The van der Waals surface area contributed by atoms with Gasteiger partial charge in [-0.2, -0.15) is 0 Å². The van der Waals surface area contributed by atoms with Gasteiger partial charge in [0.25, 0.3) is 0 Å². The third-order valence-electron chi connectivity index (χ3n) is 1.31. The number of hydrogen-bond donors (Lipinski definition) is 1. The molecule has 0 amide bonds. The first kappa shape index (κ1) is 6.01. The molecule has 0 unspecified atom stereocenters. The van der Waals surface area contributed by atoms with Gasteiger partial charge in [-0.25, -0.2) is 0 Å². The highest BCUT2D eigenvalue weighted by molar-refractivity contribution is 5.82. The van der Waals surface area contributed by atoms with Crippen molar-refractivity contribution in [2.45, 2.75) is 6.42 Å². The Morgan fingerprint density at radius 1 is 1.78 bits per heavy atom. The van der Waals surface area contributed by atoms with Crippen molar-refractivity contribution < 1.29 is 14.7 Å². The summed E-state index contributed by atoms with van der Waals surface area (Å²) in [6.45, 7) is 0. The third-order valence-corrected chi connectivity index (χ3v) is 1.31. The topological polar surface area (TPSA) is 54.4 Å². The highest BCUT2D eigenvalue weighted by Gasteiger charge is 2.36. The van der Waals surface area contributed by atoms with E-state index in [1.807, 2.05) is 0 Å². The van der Waals surface area contributed by atoms with Crippen molar-refractivity contribution in [3.8, 4) is 0 Å². The summed E-state index contributed by atoms with van der Waals surface area (Å²) in [7, 11) is 0. The Morgan fingerprint density at radius 2 is 2.44 bits per heavy atom. The lowest BCUT2D eigenvalue weighted by atomic mass is 10.4. The second kappa shape index (κ2) is 2.01. The molecule has 1 aliphatic carbocycles. The minimum atomic E-state index is -0.830. The predicted molar refractivity (Wildman–Crippen MR) is 29.9 cm³/mol. The van der Waals surface area contributed by atoms with Crippen LogP contribution in [0.3, 0.4) is 0 Å². The van der Waals surface area contributed by atoms with E-state index < -0.39 is 5.97 Å². The largest absolute Gasteiger partial charge is 0.481 e. The summed E-state index contributed by atoms with van der Waals surface area (Å²) in [6, 6.07) is 0. The van der Waals surface area contributed by atoms with E-state index in [0.29, 0.717) is 12.7 Å². The number of rotatable bonds is 2. The van der Waals surface area contributed by atoms with Crippen molar-refractivity contribution in [3.63, 3.8) is 0 Å². The van der Waals surface area contributed by atoms with Gasteiger partial charge in [0, 0.05) is 0 Å². The molecule has 0 aromatic rings. The van der Waals surface area contributed by atoms with Crippen molar-refractivity contribution in [1.82, 2.24) is 0 Å². The Morgan fingerprint density at radius 3 is 2.78 bits per heavy atom. The maximum Gasteiger partial charge on any atom is 0.310 e. The molecule has 48 valence electrons. The lowest BCUT2D eigenvalue weighted by Crippen LogP contribution is -1.95. The van der Waals surface area contributed by atoms with Crippen molar-refractivity contribution in [2.75, 3.05) is 0 Å². The number of allylic oxidation sites excluding steroid dienone is 1. The van der Waals surface area contributed by atoms with Gasteiger partial charge in [-0.15, -0.1) is 0 Å². The van der Waals surface area contributed by atoms with E-state index in [4.69, 9.17) is 5.11 Å². The van der Waals surface area contributed by atoms with E-state index in [-0.39, 0.29) is 5.92 Å². The highest BCUT2D eigenvalue weighted by Crippen LogP contribution is 2.36. The smallest absolute Gasteiger partial charge is 0.310 e. The number of aliphatic carboxylic acids is 1. The number of aldehydes is 1. The van der Waals surface area contributed by atoms with Gasteiger partial charge >= 0.3 is 5.97 Å². The molecule has 0 heterocycles. The van der Waals surface area contributed by atoms with Crippen LogP contribution in [0.5, 0.6) is 0 Å². The minimum Gasteiger partial charge on any atom is -0.481 e. The van der Waals surface area contributed by atoms with Gasteiger partial charge in [0.1, 0.15) is 6.29 Å². The minimum absolute atomic E-state index is 0.366. The van der Waals surface area contributed by atoms with Gasteiger partial charge in [-0.05, 0) is 12.5 Å². The first-order chi connectivity index (χ1) is 4.25. The summed E-state index contributed by atoms with van der Waals surface area (Å²) >= 11 is 0. The molecule has 0 spiro atoms. The van der Waals surface area contributed by atoms with Crippen LogP contribution in [-0.2, 0) is 9.59 Å². The summed E-state index contributed by atoms with van der Waals surface area (Å²) in [5.74, 6) is -1.20. The quantitative estimate of drug-likeness (QED) is 0.425. The Hall–Kier alpha value is -1.12. The van der Waals surface area contributed by atoms with E-state index >= 15 is 0 Å². The van der Waals surface area contributed by atoms with Gasteiger partial charge in [0.05, 0.1) is 5.92 Å². The fourth-order valence-electron chi connectivity index (χ4n) is 0.694. The zero-order valence-electron chi connectivity index (χ0n) is 4.70. The summed E-state index contributed by atoms with van der Waals surface area (Å²) in [5.41, 5.74) is 0.734. The van der Waals surface area contributed by atoms with Crippen LogP contribution >= 0.6 is 0 Å². The van der Waals surface area contributed by atoms with Crippen LogP contribution in [0.2, 0.25) is 0 Å². The molecule has 9 heavy (non-hydrogen) atoms. The second-order valence-electron chi connectivity index (χ2n) is 1.97. The molecule has 0 aliphatic heterocycles. The van der Waals surface area contributed by atoms with Gasteiger partial charge in [-0.1, -0.05) is 5.57 Å². The lowest BCUT2D eigenvalue weighted by molar-refractivity contribution is -0.138. The summed E-state index contributed by atoms with van der Waals surface area (Å²) in [4.78, 5) is 19.8. The number of hydrogen-bond acceptors (Lipinski definition) is 2. The van der Waals surface area contributed by atoms with Crippen LogP contribution in [0.15, 0.2) is 11.6 Å². The first-order valence-corrected chi connectivity index (χ1v) is 2.62. The van der Waals surface area contributed by atoms with Gasteiger partial charge in [0.15, 0.2) is 0 Å². The first-order valence-electron chi connectivity index (χ1n) is 2.62. The molecule has 1 saturated carbocycles. The van der Waals surface area contributed by atoms with Crippen LogP contribution in [0.4, 0.5) is 0 Å². The zero-order valence-corrected chi connectivity index (χ0v) is 4.70. The fourth-order valence-corrected chi connectivity index (χ4v) is 0.694. The normalized spacial score (nSPS) is 28.0. The number of carboxylic acid groups (broad SMARTS) is 1. The van der Waals surface area contributed by atoms with E-state index in [9.17, 15) is 9.59 Å². The molecule has 1 N–H and O–H groups in total. The number of carbonyl (C=O) groups excluding carboxylic acids is 1. The van der Waals surface area contributed by atoms with Crippen LogP contribution < -0.4 is 0 Å². The molecular formula is C6H6O3. The highest BCUT2D eigenvalue weighted by atomic mass is 16.4. The molecule has 3 nitrogen and oxygen atoms in total. The Labute approximate surface area is 52.0 Å². The molecule has 0 saturated heterocycles. The Bertz CT molecular complexity index is 181. The maximum atomic E-state index is 10.1. The van der Waals surface area contributed by atoms with Crippen LogP contribution in [0, 0.1) is 5.92 Å². The molecule has 0 aromatic carbocycles. The average molecular weight is 126 g/mol. The van der Waals surface area contributed by atoms with Gasteiger partial charge in [0.2, 0.25) is 0 Å². The number of carbonyl (C=O) groups is 2. The molecule has 1 fully saturated rings. The number of carboxylic acids is 1. The molecule has 1 aliphatic rings. The van der Waals surface area contributed by atoms with Gasteiger partial charge < -0.3 is 5.11 Å². The standard InChI is InChI=1S/C6H6O3/c7-2-1-4-3-5(4)6(8)9/h1-2,5H,3H2,(H,8,9)/t5-/m0/s1. The summed E-state index contributed by atoms with van der Waals surface area (Å²) in [5, 5.41) is 8.29. The molecule has 3 heteroatoms. The molecule has 1 atom stereocenters. The average Bonchev–Trinajstić information content (AvgIpc) is 2.47. The Balaban J connectivity index is 2.50. The van der Waals surface area contributed by atoms with E-state index in [2.05, 4.69) is 0 Å². The van der Waals surface area contributed by atoms with Crippen molar-refractivity contribution >= 4 is 12.3 Å². The lowest BCUT2D eigenvalue weighted by Gasteiger charge is -1.77. The second-order valence-corrected chi connectivity index (χ2v) is 1.97. The van der Waals surface area contributed by atoms with Crippen molar-refractivity contribution in [1.29, 1.82) is 0 Å². The molecular weight excluding hydrogens is 120 g/mol. The van der Waals surface area contributed by atoms with Crippen molar-refractivity contribution in [2.24, 2.45) is 5.92 Å². The monoisotopic (exact) mass is 126 g/mol. The third kappa shape index (κ3) is 1.16. The van der Waals surface area contributed by atoms with Crippen LogP contribution in [0.25, 0.3) is 0 Å². The van der Waals surface area contributed by atoms with Gasteiger partial charge in [-0.3, -0.25) is 9.59 Å². The maximum absolute atomic E-state index is 10.1. The van der Waals surface area contributed by atoms with Crippen molar-refractivity contribution in [3.05, 3.63) is 11.6 Å². The molecule has 0 radical (unpaired) electrons. The Kier molecular flexibility index (Phi) is 1.34. The molecule has 1 rings (SSSR count). The summed E-state index contributed by atoms with van der Waals surface area (Å²) < 4.78 is 0. The molecule has 0 bridgehead atoms. The predicted octanol–water partition coefficient (Wildman–Crippen LogP) is 0.216. The van der Waals surface area contributed by atoms with Crippen LogP contribution in [0.1, 0.15) is 6.42 Å². The summed E-state index contributed by atoms with van der Waals surface area (Å²) in [6.07, 6.45) is 2.49. The van der Waals surface area contributed by atoms with E-state index in [1.165, 1.54) is 6.08 Å². The van der Waals surface area contributed by atoms with E-state index in [0.717, 1.165) is 5.57 Å². The zero-order chi connectivity index (χ0) is 6.85. The SMILES string of the molecule is O=CC=C1C[C@@H]1C(=O)O. The molecule has 0 aromatic heterocycles. The fraction of sp³-hybridized carbons (Fsp3) is 0.333.